The highest BCUT2D eigenvalue weighted by atomic mass is 19.1. The molecule has 134 valence electrons. The van der Waals surface area contributed by atoms with Crippen LogP contribution in [0.15, 0.2) is 45.6 Å². The van der Waals surface area contributed by atoms with Gasteiger partial charge in [-0.15, -0.1) is 0 Å². The Kier molecular flexibility index (Phi) is 4.30. The molecule has 3 aromatic rings. The van der Waals surface area contributed by atoms with Crippen molar-refractivity contribution in [3.05, 3.63) is 63.9 Å². The number of carbonyl (C=O) groups is 1. The Morgan fingerprint density at radius 3 is 2.62 bits per heavy atom. The molecule has 7 heteroatoms. The zero-order chi connectivity index (χ0) is 18.1. The van der Waals surface area contributed by atoms with Gasteiger partial charge in [-0.25, -0.2) is 9.18 Å². The Labute approximate surface area is 148 Å². The molecule has 2 aromatic carbocycles. The smallest absolute Gasteiger partial charge is 0.405 e. The highest BCUT2D eigenvalue weighted by Crippen LogP contribution is 2.26. The van der Waals surface area contributed by atoms with Gasteiger partial charge in [0, 0.05) is 17.3 Å². The third kappa shape index (κ3) is 3.25. The van der Waals surface area contributed by atoms with Crippen LogP contribution in [0.5, 0.6) is 0 Å². The topological polar surface area (TPSA) is 87.1 Å². The van der Waals surface area contributed by atoms with Crippen LogP contribution >= 0.6 is 0 Å². The van der Waals surface area contributed by atoms with Crippen LogP contribution in [0, 0.1) is 5.82 Å². The molecule has 0 bridgehead atoms. The van der Waals surface area contributed by atoms with Gasteiger partial charge in [-0.05, 0) is 55.6 Å². The molecule has 0 saturated carbocycles. The van der Waals surface area contributed by atoms with E-state index < -0.39 is 11.6 Å². The van der Waals surface area contributed by atoms with E-state index in [-0.39, 0.29) is 22.7 Å². The summed E-state index contributed by atoms with van der Waals surface area (Å²) in [5.41, 5.74) is 2.01. The number of hydrogen-bond donors (Lipinski definition) is 3. The largest absolute Gasteiger partial charge is 0.417 e. The zero-order valence-electron chi connectivity index (χ0n) is 14.0. The number of piperidine rings is 1. The van der Waals surface area contributed by atoms with E-state index in [1.165, 1.54) is 11.6 Å². The first-order valence-electron chi connectivity index (χ1n) is 8.54. The van der Waals surface area contributed by atoms with Gasteiger partial charge in [-0.3, -0.25) is 9.78 Å². The number of hydrogen-bond acceptors (Lipinski definition) is 4. The van der Waals surface area contributed by atoms with Crippen LogP contribution in [0.2, 0.25) is 0 Å². The number of aromatic amines is 1. The van der Waals surface area contributed by atoms with Crippen molar-refractivity contribution in [1.29, 1.82) is 0 Å². The predicted octanol–water partition coefficient (Wildman–Crippen LogP) is 2.98. The number of rotatable bonds is 3. The molecule has 1 amide bonds. The third-order valence-electron chi connectivity index (χ3n) is 4.72. The summed E-state index contributed by atoms with van der Waals surface area (Å²) in [7, 11) is 0. The molecule has 6 nitrogen and oxygen atoms in total. The number of anilines is 1. The lowest BCUT2D eigenvalue weighted by molar-refractivity contribution is 0.102. The number of amides is 1. The summed E-state index contributed by atoms with van der Waals surface area (Å²) >= 11 is 0. The maximum atomic E-state index is 14.0. The van der Waals surface area contributed by atoms with Crippen molar-refractivity contribution in [3.8, 4) is 0 Å². The fourth-order valence-electron chi connectivity index (χ4n) is 3.36. The molecule has 1 fully saturated rings. The van der Waals surface area contributed by atoms with E-state index in [0.717, 1.165) is 32.0 Å². The molecule has 1 saturated heterocycles. The van der Waals surface area contributed by atoms with Crippen LogP contribution < -0.4 is 16.4 Å². The second kappa shape index (κ2) is 6.76. The van der Waals surface area contributed by atoms with Crippen LogP contribution in [0.3, 0.4) is 0 Å². The number of nitrogens with one attached hydrogen (secondary N) is 3. The molecule has 1 aliphatic rings. The third-order valence-corrected chi connectivity index (χ3v) is 4.72. The molecule has 0 atom stereocenters. The molecule has 4 rings (SSSR count). The van der Waals surface area contributed by atoms with Crippen molar-refractivity contribution < 1.29 is 13.6 Å². The fraction of sp³-hybridized carbons (Fsp3) is 0.263. The minimum atomic E-state index is -0.740. The van der Waals surface area contributed by atoms with E-state index >= 15 is 0 Å². The first-order chi connectivity index (χ1) is 12.6. The second-order valence-corrected chi connectivity index (χ2v) is 6.45. The SMILES string of the molecule is O=C(Nc1cc(F)c2oc(=O)[nH]c2c1)c1ccc(C2CCNCC2)cc1. The zero-order valence-corrected chi connectivity index (χ0v) is 14.0. The molecule has 0 aliphatic carbocycles. The maximum absolute atomic E-state index is 14.0. The highest BCUT2D eigenvalue weighted by Gasteiger charge is 2.16. The van der Waals surface area contributed by atoms with Gasteiger partial charge < -0.3 is 15.1 Å². The van der Waals surface area contributed by atoms with Crippen molar-refractivity contribution in [2.24, 2.45) is 0 Å². The normalized spacial score (nSPS) is 15.3. The predicted molar refractivity (Wildman–Crippen MR) is 96.0 cm³/mol. The van der Waals surface area contributed by atoms with Gasteiger partial charge in [-0.1, -0.05) is 12.1 Å². The van der Waals surface area contributed by atoms with Gasteiger partial charge in [0.05, 0.1) is 5.52 Å². The Balaban J connectivity index is 1.51. The number of benzene rings is 2. The molecule has 1 aliphatic heterocycles. The maximum Gasteiger partial charge on any atom is 0.417 e. The van der Waals surface area contributed by atoms with Crippen molar-refractivity contribution >= 4 is 22.7 Å². The number of H-pyrrole nitrogens is 1. The molecule has 0 unspecified atom stereocenters. The van der Waals surface area contributed by atoms with E-state index in [0.29, 0.717) is 11.5 Å². The van der Waals surface area contributed by atoms with Crippen LogP contribution in [0.1, 0.15) is 34.7 Å². The standard InChI is InChI=1S/C19H18FN3O3/c20-15-9-14(10-16-17(15)26-19(25)23-16)22-18(24)13-3-1-11(2-4-13)12-5-7-21-8-6-12/h1-4,9-10,12,21H,5-8H2,(H,22,24)(H,23,25). The summed E-state index contributed by atoms with van der Waals surface area (Å²) in [6.07, 6.45) is 2.18. The summed E-state index contributed by atoms with van der Waals surface area (Å²) in [6.45, 7) is 2.02. The quantitative estimate of drug-likeness (QED) is 0.674. The van der Waals surface area contributed by atoms with Crippen LogP contribution in [0.25, 0.3) is 11.1 Å². The molecular weight excluding hydrogens is 337 g/mol. The number of aromatic nitrogens is 1. The molecule has 1 aromatic heterocycles. The molecule has 3 N–H and O–H groups in total. The van der Waals surface area contributed by atoms with Crippen molar-refractivity contribution in [2.45, 2.75) is 18.8 Å². The van der Waals surface area contributed by atoms with Crippen LogP contribution in [0.4, 0.5) is 10.1 Å². The molecule has 26 heavy (non-hydrogen) atoms. The van der Waals surface area contributed by atoms with E-state index in [4.69, 9.17) is 4.42 Å². The van der Waals surface area contributed by atoms with E-state index in [1.807, 2.05) is 12.1 Å². The van der Waals surface area contributed by atoms with Crippen LogP contribution in [-0.2, 0) is 0 Å². The first kappa shape index (κ1) is 16.5. The number of carbonyl (C=O) groups excluding carboxylic acids is 1. The van der Waals surface area contributed by atoms with Crippen molar-refractivity contribution in [1.82, 2.24) is 10.3 Å². The molecule has 2 heterocycles. The summed E-state index contributed by atoms with van der Waals surface area (Å²) in [4.78, 5) is 26.0. The number of halogens is 1. The van der Waals surface area contributed by atoms with Gasteiger partial charge in [0.15, 0.2) is 11.4 Å². The second-order valence-electron chi connectivity index (χ2n) is 6.45. The summed E-state index contributed by atoms with van der Waals surface area (Å²) in [5.74, 6) is -1.28. The lowest BCUT2D eigenvalue weighted by Crippen LogP contribution is -2.26. The fourth-order valence-corrected chi connectivity index (χ4v) is 3.36. The summed E-state index contributed by atoms with van der Waals surface area (Å²) in [6, 6.07) is 10.1. The number of oxazole rings is 1. The van der Waals surface area contributed by atoms with Crippen molar-refractivity contribution in [2.75, 3.05) is 18.4 Å². The molecular formula is C19H18FN3O3. The van der Waals surface area contributed by atoms with E-state index in [9.17, 15) is 14.0 Å². The summed E-state index contributed by atoms with van der Waals surface area (Å²) < 4.78 is 18.7. The number of fused-ring (bicyclic) bond motifs is 1. The Morgan fingerprint density at radius 1 is 1.15 bits per heavy atom. The van der Waals surface area contributed by atoms with E-state index in [2.05, 4.69) is 15.6 Å². The summed E-state index contributed by atoms with van der Waals surface area (Å²) in [5, 5.41) is 5.98. The average Bonchev–Trinajstić information content (AvgIpc) is 3.03. The Morgan fingerprint density at radius 2 is 1.88 bits per heavy atom. The minimum absolute atomic E-state index is 0.153. The Hall–Kier alpha value is -2.93. The van der Waals surface area contributed by atoms with Gasteiger partial charge in [0.1, 0.15) is 0 Å². The monoisotopic (exact) mass is 355 g/mol. The van der Waals surface area contributed by atoms with Gasteiger partial charge in [0.2, 0.25) is 0 Å². The molecule has 0 spiro atoms. The van der Waals surface area contributed by atoms with Gasteiger partial charge in [0.25, 0.3) is 5.91 Å². The highest BCUT2D eigenvalue weighted by molar-refractivity contribution is 6.04. The minimum Gasteiger partial charge on any atom is -0.405 e. The van der Waals surface area contributed by atoms with Gasteiger partial charge in [-0.2, -0.15) is 0 Å². The first-order valence-corrected chi connectivity index (χ1v) is 8.54. The average molecular weight is 355 g/mol. The van der Waals surface area contributed by atoms with Crippen molar-refractivity contribution in [3.63, 3.8) is 0 Å². The Bertz CT molecular complexity index is 1000. The molecule has 0 radical (unpaired) electrons. The van der Waals surface area contributed by atoms with Crippen LogP contribution in [-0.4, -0.2) is 24.0 Å². The van der Waals surface area contributed by atoms with Gasteiger partial charge >= 0.3 is 5.76 Å². The lowest BCUT2D eigenvalue weighted by atomic mass is 9.90. The lowest BCUT2D eigenvalue weighted by Gasteiger charge is -2.23. The van der Waals surface area contributed by atoms with E-state index in [1.54, 1.807) is 12.1 Å².